The third-order valence-corrected chi connectivity index (χ3v) is 20.9. The van der Waals surface area contributed by atoms with Crippen LogP contribution >= 0.6 is 69.6 Å². The van der Waals surface area contributed by atoms with Crippen LogP contribution in [0.25, 0.3) is 0 Å². The van der Waals surface area contributed by atoms with Gasteiger partial charge >= 0.3 is 0 Å². The summed E-state index contributed by atoms with van der Waals surface area (Å²) in [5.41, 5.74) is 4.86. The van der Waals surface area contributed by atoms with Crippen LogP contribution in [0.5, 0.6) is 17.2 Å². The molecule has 1 heterocycles. The lowest BCUT2D eigenvalue weighted by Gasteiger charge is -2.56. The van der Waals surface area contributed by atoms with E-state index < -0.39 is 71.9 Å². The maximum atomic E-state index is 12.7. The van der Waals surface area contributed by atoms with Crippen molar-refractivity contribution < 1.29 is 48.7 Å². The Morgan fingerprint density at radius 3 is 1.25 bits per heavy atom. The summed E-state index contributed by atoms with van der Waals surface area (Å²) in [7, 11) is -8.97. The fraction of sp³-hybridized carbons (Fsp3) is 0.357. The van der Waals surface area contributed by atoms with Gasteiger partial charge in [0.05, 0.1) is 40.3 Å². The number of nitrogens with zero attached hydrogens (tertiary/aromatic N) is 2. The number of methoxy groups -OCH3 is 1. The Labute approximate surface area is 480 Å². The van der Waals surface area contributed by atoms with Gasteiger partial charge in [0.2, 0.25) is 0 Å². The lowest BCUT2D eigenvalue weighted by molar-refractivity contribution is -1.00. The van der Waals surface area contributed by atoms with Gasteiger partial charge in [-0.15, -0.1) is 0 Å². The summed E-state index contributed by atoms with van der Waals surface area (Å²) in [4.78, 5) is 2.82. The minimum atomic E-state index is -3.56. The van der Waals surface area contributed by atoms with E-state index in [-0.39, 0.29) is 14.7 Å². The van der Waals surface area contributed by atoms with Crippen LogP contribution < -0.4 is 14.2 Å². The molecule has 1 fully saturated rings. The smallest absolute Gasteiger partial charge is 0.176 e. The van der Waals surface area contributed by atoms with E-state index in [1.165, 1.54) is 36.4 Å². The van der Waals surface area contributed by atoms with Gasteiger partial charge in [-0.25, -0.2) is 25.3 Å². The molecule has 408 valence electrons. The molecule has 10 rings (SSSR count). The second-order valence-electron chi connectivity index (χ2n) is 20.6. The number of hydrogen-bond acceptors (Lipinski definition) is 11. The Bertz CT molecular complexity index is 3450. The third-order valence-electron chi connectivity index (χ3n) is 15.8. The third kappa shape index (κ3) is 11.3. The van der Waals surface area contributed by atoms with E-state index in [1.807, 2.05) is 18.2 Å². The van der Waals surface area contributed by atoms with Gasteiger partial charge in [0, 0.05) is 99.5 Å². The van der Waals surface area contributed by atoms with Gasteiger partial charge < -0.3 is 23.4 Å². The molecule has 21 heteroatoms. The lowest BCUT2D eigenvalue weighted by atomic mass is 9.84. The minimum absolute atomic E-state index is 0.131. The fourth-order valence-electron chi connectivity index (χ4n) is 12.5. The quantitative estimate of drug-likeness (QED) is 0.0907. The van der Waals surface area contributed by atoms with Crippen molar-refractivity contribution in [2.45, 2.75) is 76.8 Å². The summed E-state index contributed by atoms with van der Waals surface area (Å²) in [5, 5.41) is 2.61. The topological polar surface area (TPSA) is 143 Å². The number of rotatable bonds is 15. The van der Waals surface area contributed by atoms with Gasteiger partial charge in [0.15, 0.2) is 41.7 Å². The van der Waals surface area contributed by atoms with Gasteiger partial charge in [-0.05, 0) is 138 Å². The van der Waals surface area contributed by atoms with Crippen LogP contribution in [0.3, 0.4) is 0 Å². The van der Waals surface area contributed by atoms with E-state index >= 15 is 0 Å². The number of quaternary nitrogens is 1. The highest BCUT2D eigenvalue weighted by atomic mass is 35.5. The highest BCUT2D eigenvalue weighted by molar-refractivity contribution is 7.91. The zero-order chi connectivity index (χ0) is 54.9. The van der Waals surface area contributed by atoms with E-state index in [0.29, 0.717) is 110 Å². The van der Waals surface area contributed by atoms with Gasteiger partial charge in [0.1, 0.15) is 41.5 Å². The minimum Gasteiger partial charge on any atom is -0.485 e. The van der Waals surface area contributed by atoms with E-state index in [0.717, 1.165) is 52.1 Å². The van der Waals surface area contributed by atoms with E-state index in [9.17, 15) is 25.3 Å². The summed E-state index contributed by atoms with van der Waals surface area (Å²) < 4.78 is 104. The molecule has 1 saturated heterocycles. The zero-order valence-electron chi connectivity index (χ0n) is 42.3. The van der Waals surface area contributed by atoms with Gasteiger partial charge in [0.25, 0.3) is 0 Å². The van der Waals surface area contributed by atoms with Crippen molar-refractivity contribution in [3.05, 3.63) is 173 Å². The number of fused-ring (bicyclic) bond motifs is 3. The molecule has 0 bridgehead atoms. The molecule has 6 aromatic carbocycles. The molecule has 0 spiro atoms. The first kappa shape index (κ1) is 56.5. The monoisotopic (exact) mass is 1220 g/mol. The molecule has 0 radical (unpaired) electrons. The van der Waals surface area contributed by atoms with Crippen LogP contribution in [0.2, 0.25) is 30.1 Å². The van der Waals surface area contributed by atoms with E-state index in [1.54, 1.807) is 61.7 Å². The maximum Gasteiger partial charge on any atom is 0.176 e. The second kappa shape index (κ2) is 21.9. The van der Waals surface area contributed by atoms with Crippen molar-refractivity contribution in [3.63, 3.8) is 0 Å². The lowest BCUT2D eigenvalue weighted by Crippen LogP contribution is -2.72. The summed E-state index contributed by atoms with van der Waals surface area (Å²) in [5.74, 6) is 0.869. The molecule has 1 aliphatic heterocycles. The standard InChI is InChI=1S/C56H55Cl6N2O10S3/c1-71-21-19-63-18-5-20-64(51-29-42-45(23-33(58)26-49(42)61)55(51)73-36-8-14-39(15-9-36)76(3,67)68,52-30-43-46(24-34(59)27-50(43)62)56(52)74-37-10-16-40(17-11-37)77(4,69)70)53(31-63)47-28-41-44(22-32(57)25-48(41)60)54(47)72-35-6-12-38(13-7-35)75(2,65)66/h6-17,22-27,47,51-56H,5,18-21,28-31H2,1-4H3/q+1/t47-,51-,52-,53?,54+,55+,56+/m0/s1. The van der Waals surface area contributed by atoms with Crippen molar-refractivity contribution in [1.29, 1.82) is 0 Å². The highest BCUT2D eigenvalue weighted by Crippen LogP contribution is 2.57. The molecular weight excluding hydrogens is 1170 g/mol. The molecule has 3 aliphatic carbocycles. The Kier molecular flexibility index (Phi) is 16.1. The van der Waals surface area contributed by atoms with Crippen molar-refractivity contribution in [3.8, 4) is 17.2 Å². The second-order valence-corrected chi connectivity index (χ2v) is 29.1. The van der Waals surface area contributed by atoms with Gasteiger partial charge in [-0.3, -0.25) is 4.90 Å². The molecule has 77 heavy (non-hydrogen) atoms. The summed E-state index contributed by atoms with van der Waals surface area (Å²) in [6, 6.07) is 28.6. The van der Waals surface area contributed by atoms with Crippen LogP contribution in [-0.4, -0.2) is 111 Å². The molecule has 7 atom stereocenters. The average Bonchev–Trinajstić information content (AvgIpc) is 4.21. The van der Waals surface area contributed by atoms with Crippen LogP contribution in [0.4, 0.5) is 0 Å². The number of ether oxygens (including phenoxy) is 4. The number of hydrogen-bond donors (Lipinski definition) is 0. The first-order valence-electron chi connectivity index (χ1n) is 24.8. The normalized spacial score (nSPS) is 23.2. The summed E-state index contributed by atoms with van der Waals surface area (Å²) >= 11 is 42.7. The van der Waals surface area contributed by atoms with Crippen LogP contribution in [0.1, 0.15) is 58.1 Å². The van der Waals surface area contributed by atoms with Crippen molar-refractivity contribution in [1.82, 2.24) is 4.90 Å². The molecule has 12 nitrogen and oxygen atoms in total. The Hall–Kier alpha value is -3.81. The maximum absolute atomic E-state index is 12.7. The SMILES string of the molecule is COCCN1CCC[N+]([C@H]2Cc3c(Cl)cc(Cl)cc3[C@H]2Oc2ccc(S(C)(=O)=O)cc2)([C@H]2Cc3c(Cl)cc(Cl)cc3[C@H]2Oc2ccc(S(C)(=O)=O)cc2)C([C@@H]2Cc3c(Cl)cc(Cl)cc3[C@H]2Oc2ccc(S(C)(=O)=O)cc2)C1. The summed E-state index contributed by atoms with van der Waals surface area (Å²) in [6.45, 7) is 2.76. The zero-order valence-corrected chi connectivity index (χ0v) is 49.3. The molecule has 4 aliphatic rings. The predicted molar refractivity (Wildman–Crippen MR) is 302 cm³/mol. The molecule has 0 aromatic heterocycles. The Morgan fingerprint density at radius 2 is 0.870 bits per heavy atom. The Balaban J connectivity index is 1.24. The largest absolute Gasteiger partial charge is 0.485 e. The number of halogens is 6. The highest BCUT2D eigenvalue weighted by Gasteiger charge is 2.64. The van der Waals surface area contributed by atoms with Gasteiger partial charge in [-0.1, -0.05) is 69.6 Å². The van der Waals surface area contributed by atoms with Crippen molar-refractivity contribution in [2.75, 3.05) is 58.7 Å². The molecule has 0 saturated carbocycles. The van der Waals surface area contributed by atoms with Crippen molar-refractivity contribution in [2.24, 2.45) is 5.92 Å². The van der Waals surface area contributed by atoms with Crippen LogP contribution in [0, 0.1) is 5.92 Å². The molecule has 6 aromatic rings. The molecule has 0 amide bonds. The molecule has 1 unspecified atom stereocenters. The van der Waals surface area contributed by atoms with E-state index in [4.69, 9.17) is 88.6 Å². The van der Waals surface area contributed by atoms with Crippen LogP contribution in [-0.2, 0) is 53.5 Å². The average molecular weight is 1220 g/mol. The Morgan fingerprint density at radius 1 is 0.506 bits per heavy atom. The van der Waals surface area contributed by atoms with Crippen LogP contribution in [0.15, 0.2) is 124 Å². The molecule has 0 N–H and O–H groups in total. The summed E-state index contributed by atoms with van der Waals surface area (Å²) in [6.07, 6.45) is 3.15. The number of sulfone groups is 3. The first-order valence-corrected chi connectivity index (χ1v) is 32.8. The predicted octanol–water partition coefficient (Wildman–Crippen LogP) is 12.1. The van der Waals surface area contributed by atoms with Gasteiger partial charge in [-0.2, -0.15) is 0 Å². The van der Waals surface area contributed by atoms with Crippen molar-refractivity contribution >= 4 is 99.1 Å². The molecular formula is C56H55Cl6N2O10S3+. The first-order chi connectivity index (χ1) is 36.4. The fourth-order valence-corrected chi connectivity index (χ4v) is 16.1. The number of benzene rings is 6. The van der Waals surface area contributed by atoms with E-state index in [2.05, 4.69) is 4.90 Å².